The summed E-state index contributed by atoms with van der Waals surface area (Å²) in [5, 5.41) is 6.77. The Morgan fingerprint density at radius 2 is 2.04 bits per heavy atom. The molecule has 1 N–H and O–H groups in total. The van der Waals surface area contributed by atoms with E-state index in [-0.39, 0.29) is 29.4 Å². The largest absolute Gasteiger partial charge is 0.355 e. The summed E-state index contributed by atoms with van der Waals surface area (Å²) in [4.78, 5) is 11.1. The molecule has 0 bridgehead atoms. The van der Waals surface area contributed by atoms with Crippen LogP contribution >= 0.6 is 35.3 Å². The zero-order chi connectivity index (χ0) is 16.3. The molecule has 1 aromatic carbocycles. The molecule has 1 fully saturated rings. The van der Waals surface area contributed by atoms with Gasteiger partial charge < -0.3 is 10.2 Å². The lowest BCUT2D eigenvalue weighted by Crippen LogP contribution is -2.42. The molecule has 1 heterocycles. The van der Waals surface area contributed by atoms with Crippen molar-refractivity contribution in [1.29, 1.82) is 0 Å². The molecule has 0 aliphatic heterocycles. The van der Waals surface area contributed by atoms with E-state index in [0.717, 1.165) is 29.8 Å². The second-order valence-electron chi connectivity index (χ2n) is 6.26. The first-order valence-electron chi connectivity index (χ1n) is 8.01. The first kappa shape index (κ1) is 19.2. The number of thiazole rings is 1. The van der Waals surface area contributed by atoms with E-state index in [2.05, 4.69) is 63.0 Å². The van der Waals surface area contributed by atoms with E-state index in [1.165, 1.54) is 18.4 Å². The van der Waals surface area contributed by atoms with E-state index in [4.69, 9.17) is 0 Å². The number of nitrogens with zero attached hydrogens (tertiary/aromatic N) is 3. The monoisotopic (exact) mass is 456 g/mol. The van der Waals surface area contributed by atoms with Gasteiger partial charge in [-0.25, -0.2) is 4.98 Å². The lowest BCUT2D eigenvalue weighted by atomic mass is 9.96. The van der Waals surface area contributed by atoms with Gasteiger partial charge >= 0.3 is 0 Å². The third-order valence-electron chi connectivity index (χ3n) is 4.46. The van der Waals surface area contributed by atoms with Crippen molar-refractivity contribution in [2.45, 2.75) is 31.7 Å². The number of guanidine groups is 1. The maximum absolute atomic E-state index is 4.53. The van der Waals surface area contributed by atoms with E-state index < -0.39 is 0 Å². The van der Waals surface area contributed by atoms with Gasteiger partial charge in [0, 0.05) is 31.4 Å². The van der Waals surface area contributed by atoms with Gasteiger partial charge in [0.05, 0.1) is 17.2 Å². The van der Waals surface area contributed by atoms with Crippen LogP contribution in [0, 0.1) is 6.92 Å². The van der Waals surface area contributed by atoms with Gasteiger partial charge in [-0.1, -0.05) is 30.3 Å². The van der Waals surface area contributed by atoms with Crippen molar-refractivity contribution in [3.05, 3.63) is 52.0 Å². The summed E-state index contributed by atoms with van der Waals surface area (Å²) in [5.41, 5.74) is 2.82. The molecule has 3 rings (SSSR count). The highest BCUT2D eigenvalue weighted by Gasteiger charge is 2.44. The molecule has 4 nitrogen and oxygen atoms in total. The van der Waals surface area contributed by atoms with Gasteiger partial charge in [-0.3, -0.25) is 4.99 Å². The van der Waals surface area contributed by atoms with Crippen molar-refractivity contribution in [3.63, 3.8) is 0 Å². The van der Waals surface area contributed by atoms with E-state index in [0.29, 0.717) is 0 Å². The molecule has 1 aliphatic carbocycles. The van der Waals surface area contributed by atoms with Gasteiger partial charge in [0.2, 0.25) is 0 Å². The van der Waals surface area contributed by atoms with Crippen LogP contribution in [0.4, 0.5) is 0 Å². The summed E-state index contributed by atoms with van der Waals surface area (Å²) in [5.74, 6) is 0.929. The van der Waals surface area contributed by atoms with Gasteiger partial charge in [-0.15, -0.1) is 35.3 Å². The average Bonchev–Trinajstić information content (AvgIpc) is 3.25. The Bertz CT molecular complexity index is 679. The lowest BCUT2D eigenvalue weighted by molar-refractivity contribution is 0.464. The fourth-order valence-corrected chi connectivity index (χ4v) is 3.55. The number of rotatable bonds is 5. The highest BCUT2D eigenvalue weighted by Crippen LogP contribution is 2.47. The average molecular weight is 456 g/mol. The summed E-state index contributed by atoms with van der Waals surface area (Å²) in [7, 11) is 3.90. The van der Waals surface area contributed by atoms with Crippen LogP contribution in [-0.4, -0.2) is 36.5 Å². The van der Waals surface area contributed by atoms with Crippen molar-refractivity contribution in [3.8, 4) is 0 Å². The molecule has 130 valence electrons. The maximum atomic E-state index is 4.53. The van der Waals surface area contributed by atoms with Crippen molar-refractivity contribution in [2.24, 2.45) is 4.99 Å². The SMILES string of the molecule is CN=C(NCC1(c2ccccc2)CC1)N(C)Cc1csc(C)n1.I. The molecule has 0 atom stereocenters. The second kappa shape index (κ2) is 8.29. The number of hydrogen-bond donors (Lipinski definition) is 1. The van der Waals surface area contributed by atoms with E-state index in [1.807, 2.05) is 14.0 Å². The van der Waals surface area contributed by atoms with E-state index in [1.54, 1.807) is 11.3 Å². The van der Waals surface area contributed by atoms with Crippen LogP contribution in [0.1, 0.15) is 29.1 Å². The Labute approximate surface area is 165 Å². The highest BCUT2D eigenvalue weighted by molar-refractivity contribution is 14.0. The summed E-state index contributed by atoms with van der Waals surface area (Å²) in [6.45, 7) is 3.75. The fourth-order valence-electron chi connectivity index (χ4n) is 2.94. The minimum atomic E-state index is 0. The Morgan fingerprint density at radius 3 is 2.58 bits per heavy atom. The van der Waals surface area contributed by atoms with E-state index in [9.17, 15) is 0 Å². The van der Waals surface area contributed by atoms with Gasteiger partial charge in [0.15, 0.2) is 5.96 Å². The normalized spacial score (nSPS) is 15.5. The third kappa shape index (κ3) is 4.47. The molecule has 1 saturated carbocycles. The van der Waals surface area contributed by atoms with Crippen LogP contribution in [-0.2, 0) is 12.0 Å². The minimum absolute atomic E-state index is 0. The number of halogens is 1. The summed E-state index contributed by atoms with van der Waals surface area (Å²) in [6.07, 6.45) is 2.49. The number of nitrogens with one attached hydrogen (secondary N) is 1. The Morgan fingerprint density at radius 1 is 1.33 bits per heavy atom. The predicted octanol–water partition coefficient (Wildman–Crippen LogP) is 3.81. The minimum Gasteiger partial charge on any atom is -0.355 e. The van der Waals surface area contributed by atoms with Crippen LogP contribution in [0.15, 0.2) is 40.7 Å². The highest BCUT2D eigenvalue weighted by atomic mass is 127. The van der Waals surface area contributed by atoms with Crippen LogP contribution < -0.4 is 5.32 Å². The number of aryl methyl sites for hydroxylation is 1. The summed E-state index contributed by atoms with van der Waals surface area (Å²) >= 11 is 1.69. The molecule has 1 aliphatic rings. The molecular formula is C18H25IN4S. The van der Waals surface area contributed by atoms with Gasteiger partial charge in [-0.05, 0) is 25.3 Å². The number of aromatic nitrogens is 1. The molecular weight excluding hydrogens is 431 g/mol. The molecule has 0 amide bonds. The topological polar surface area (TPSA) is 40.5 Å². The van der Waals surface area contributed by atoms with Crippen LogP contribution in [0.3, 0.4) is 0 Å². The van der Waals surface area contributed by atoms with Crippen LogP contribution in [0.2, 0.25) is 0 Å². The number of hydrogen-bond acceptors (Lipinski definition) is 3. The molecule has 0 unspecified atom stereocenters. The van der Waals surface area contributed by atoms with Gasteiger partial charge in [0.1, 0.15) is 0 Å². The molecule has 24 heavy (non-hydrogen) atoms. The third-order valence-corrected chi connectivity index (χ3v) is 5.29. The van der Waals surface area contributed by atoms with Crippen molar-refractivity contribution in [2.75, 3.05) is 20.6 Å². The first-order valence-corrected chi connectivity index (χ1v) is 8.89. The predicted molar refractivity (Wildman–Crippen MR) is 112 cm³/mol. The van der Waals surface area contributed by atoms with E-state index >= 15 is 0 Å². The summed E-state index contributed by atoms with van der Waals surface area (Å²) in [6, 6.07) is 10.8. The molecule has 6 heteroatoms. The molecule has 1 aromatic heterocycles. The quantitative estimate of drug-likeness (QED) is 0.423. The standard InChI is InChI=1S/C18H24N4S.HI/c1-14-21-16(12-23-14)11-22(3)17(19-2)20-13-18(9-10-18)15-7-5-4-6-8-15;/h4-8,12H,9-11,13H2,1-3H3,(H,19,20);1H. The molecule has 2 aromatic rings. The lowest BCUT2D eigenvalue weighted by Gasteiger charge is -2.24. The maximum Gasteiger partial charge on any atom is 0.193 e. The van der Waals surface area contributed by atoms with Gasteiger partial charge in [-0.2, -0.15) is 0 Å². The fraction of sp³-hybridized carbons (Fsp3) is 0.444. The Kier molecular flexibility index (Phi) is 6.62. The molecule has 0 spiro atoms. The number of aliphatic imine (C=N–C) groups is 1. The van der Waals surface area contributed by atoms with Crippen molar-refractivity contribution < 1.29 is 0 Å². The molecule has 0 radical (unpaired) electrons. The smallest absolute Gasteiger partial charge is 0.193 e. The number of benzene rings is 1. The zero-order valence-electron chi connectivity index (χ0n) is 14.5. The Balaban J connectivity index is 0.00000208. The van der Waals surface area contributed by atoms with Crippen LogP contribution in [0.5, 0.6) is 0 Å². The van der Waals surface area contributed by atoms with Crippen LogP contribution in [0.25, 0.3) is 0 Å². The van der Waals surface area contributed by atoms with Gasteiger partial charge in [0.25, 0.3) is 0 Å². The van der Waals surface area contributed by atoms with Crippen molar-refractivity contribution >= 4 is 41.3 Å². The Hall–Kier alpha value is -1.15. The second-order valence-corrected chi connectivity index (χ2v) is 7.32. The first-order chi connectivity index (χ1) is 11.1. The summed E-state index contributed by atoms with van der Waals surface area (Å²) < 4.78 is 0. The van der Waals surface area contributed by atoms with Crippen molar-refractivity contribution in [1.82, 2.24) is 15.2 Å². The zero-order valence-corrected chi connectivity index (χ0v) is 17.6. The molecule has 0 saturated heterocycles.